The molecule has 0 N–H and O–H groups in total. The van der Waals surface area contributed by atoms with Crippen LogP contribution in [0.3, 0.4) is 0 Å². The molecule has 0 spiro atoms. The summed E-state index contributed by atoms with van der Waals surface area (Å²) in [4.78, 5) is 14.6. The van der Waals surface area contributed by atoms with Crippen molar-refractivity contribution in [3.63, 3.8) is 0 Å². The number of carbonyl (C=O) groups excluding carboxylic acids is 1. The molecule has 5 nitrogen and oxygen atoms in total. The second-order valence-electron chi connectivity index (χ2n) is 6.61. The van der Waals surface area contributed by atoms with E-state index in [2.05, 4.69) is 6.07 Å². The molecular formula is C19H24N2O3. The Kier molecular flexibility index (Phi) is 5.37. The molecule has 2 aliphatic rings. The maximum absolute atomic E-state index is 12.7. The molecule has 0 saturated carbocycles. The van der Waals surface area contributed by atoms with Gasteiger partial charge in [-0.25, -0.2) is 0 Å². The lowest BCUT2D eigenvalue weighted by Crippen LogP contribution is -2.47. The Morgan fingerprint density at radius 2 is 2.12 bits per heavy atom. The van der Waals surface area contributed by atoms with Crippen molar-refractivity contribution >= 4 is 5.91 Å². The molecule has 1 aromatic rings. The van der Waals surface area contributed by atoms with Gasteiger partial charge in [0.1, 0.15) is 11.9 Å². The van der Waals surface area contributed by atoms with Gasteiger partial charge in [-0.2, -0.15) is 5.26 Å². The first kappa shape index (κ1) is 16.8. The molecule has 24 heavy (non-hydrogen) atoms. The number of carbonyl (C=O) groups is 1. The van der Waals surface area contributed by atoms with E-state index in [-0.39, 0.29) is 24.0 Å². The molecule has 2 fully saturated rings. The molecule has 1 aromatic carbocycles. The molecular weight excluding hydrogens is 304 g/mol. The molecule has 128 valence electrons. The third-order valence-corrected chi connectivity index (χ3v) is 4.94. The quantitative estimate of drug-likeness (QED) is 0.856. The summed E-state index contributed by atoms with van der Waals surface area (Å²) in [7, 11) is 0. The van der Waals surface area contributed by atoms with Gasteiger partial charge in [-0.1, -0.05) is 6.07 Å². The Balaban J connectivity index is 1.52. The van der Waals surface area contributed by atoms with Gasteiger partial charge in [0, 0.05) is 32.5 Å². The molecule has 0 aliphatic carbocycles. The van der Waals surface area contributed by atoms with E-state index in [0.29, 0.717) is 5.56 Å². The molecule has 0 bridgehead atoms. The van der Waals surface area contributed by atoms with Crippen LogP contribution >= 0.6 is 0 Å². The number of nitriles is 1. The van der Waals surface area contributed by atoms with Crippen molar-refractivity contribution in [1.29, 1.82) is 5.26 Å². The second kappa shape index (κ2) is 7.67. The molecule has 0 aromatic heterocycles. The van der Waals surface area contributed by atoms with E-state index in [1.807, 2.05) is 24.0 Å². The largest absolute Gasteiger partial charge is 0.490 e. The number of hydrogen-bond acceptors (Lipinski definition) is 4. The normalized spacial score (nSPS) is 25.1. The first-order valence-corrected chi connectivity index (χ1v) is 8.74. The van der Waals surface area contributed by atoms with Crippen LogP contribution in [-0.2, 0) is 9.53 Å². The van der Waals surface area contributed by atoms with E-state index in [1.165, 1.54) is 0 Å². The maximum atomic E-state index is 12.7. The molecule has 2 saturated heterocycles. The van der Waals surface area contributed by atoms with Crippen molar-refractivity contribution in [3.8, 4) is 11.8 Å². The lowest BCUT2D eigenvalue weighted by Gasteiger charge is -2.37. The third kappa shape index (κ3) is 3.88. The highest BCUT2D eigenvalue weighted by molar-refractivity contribution is 5.79. The standard InChI is InChI=1S/C19H24N2O3/c1-14-18(6-3-11-23-14)19(22)21-9-7-16(8-10-21)24-17-5-2-4-15(12-17)13-20/h2,4-5,12,14,16,18H,3,6-11H2,1H3. The Morgan fingerprint density at radius 1 is 1.33 bits per heavy atom. The summed E-state index contributed by atoms with van der Waals surface area (Å²) in [6.45, 7) is 4.22. The van der Waals surface area contributed by atoms with Crippen LogP contribution < -0.4 is 4.74 Å². The van der Waals surface area contributed by atoms with Gasteiger partial charge in [0.15, 0.2) is 0 Å². The Morgan fingerprint density at radius 3 is 2.83 bits per heavy atom. The molecule has 5 heteroatoms. The molecule has 2 heterocycles. The minimum absolute atomic E-state index is 0.00327. The number of ether oxygens (including phenoxy) is 2. The zero-order valence-corrected chi connectivity index (χ0v) is 14.1. The number of piperidine rings is 1. The highest BCUT2D eigenvalue weighted by Crippen LogP contribution is 2.25. The predicted octanol–water partition coefficient (Wildman–Crippen LogP) is 2.74. The van der Waals surface area contributed by atoms with Crippen LogP contribution in [0.1, 0.15) is 38.2 Å². The first-order chi connectivity index (χ1) is 11.7. The van der Waals surface area contributed by atoms with Gasteiger partial charge in [-0.05, 0) is 38.0 Å². The number of hydrogen-bond donors (Lipinski definition) is 0. The number of amides is 1. The van der Waals surface area contributed by atoms with Crippen LogP contribution in [0, 0.1) is 17.2 Å². The number of likely N-dealkylation sites (tertiary alicyclic amines) is 1. The summed E-state index contributed by atoms with van der Waals surface area (Å²) in [6.07, 6.45) is 3.67. The van der Waals surface area contributed by atoms with Crippen LogP contribution in [0.5, 0.6) is 5.75 Å². The van der Waals surface area contributed by atoms with Gasteiger partial charge in [-0.15, -0.1) is 0 Å². The van der Waals surface area contributed by atoms with E-state index in [0.717, 1.165) is 51.1 Å². The van der Waals surface area contributed by atoms with E-state index in [4.69, 9.17) is 14.7 Å². The van der Waals surface area contributed by atoms with Crippen molar-refractivity contribution < 1.29 is 14.3 Å². The Bertz CT molecular complexity index is 617. The molecule has 2 aliphatic heterocycles. The maximum Gasteiger partial charge on any atom is 0.228 e. The Labute approximate surface area is 143 Å². The minimum atomic E-state index is 0.00327. The fourth-order valence-electron chi connectivity index (χ4n) is 3.51. The van der Waals surface area contributed by atoms with Crippen molar-refractivity contribution in [1.82, 2.24) is 4.90 Å². The van der Waals surface area contributed by atoms with Gasteiger partial charge in [0.2, 0.25) is 5.91 Å². The fourth-order valence-corrected chi connectivity index (χ4v) is 3.51. The zero-order chi connectivity index (χ0) is 16.9. The SMILES string of the molecule is CC1OCCCC1C(=O)N1CCC(Oc2cccc(C#N)c2)CC1. The molecule has 3 rings (SSSR count). The van der Waals surface area contributed by atoms with Crippen molar-refractivity contribution in [3.05, 3.63) is 29.8 Å². The van der Waals surface area contributed by atoms with Gasteiger partial charge in [-0.3, -0.25) is 4.79 Å². The molecule has 0 radical (unpaired) electrons. The van der Waals surface area contributed by atoms with Crippen LogP contribution in [0.15, 0.2) is 24.3 Å². The lowest BCUT2D eigenvalue weighted by molar-refractivity contribution is -0.145. The highest BCUT2D eigenvalue weighted by Gasteiger charge is 2.34. The van der Waals surface area contributed by atoms with Crippen LogP contribution in [0.25, 0.3) is 0 Å². The smallest absolute Gasteiger partial charge is 0.228 e. The molecule has 2 atom stereocenters. The van der Waals surface area contributed by atoms with Crippen LogP contribution in [0.4, 0.5) is 0 Å². The van der Waals surface area contributed by atoms with Crippen molar-refractivity contribution in [2.24, 2.45) is 5.92 Å². The van der Waals surface area contributed by atoms with E-state index >= 15 is 0 Å². The van der Waals surface area contributed by atoms with E-state index < -0.39 is 0 Å². The predicted molar refractivity (Wildman–Crippen MR) is 89.5 cm³/mol. The number of rotatable bonds is 3. The highest BCUT2D eigenvalue weighted by atomic mass is 16.5. The third-order valence-electron chi connectivity index (χ3n) is 4.94. The van der Waals surface area contributed by atoms with Gasteiger partial charge < -0.3 is 14.4 Å². The van der Waals surface area contributed by atoms with Crippen LogP contribution in [-0.4, -0.2) is 42.7 Å². The number of nitrogens with zero attached hydrogens (tertiary/aromatic N) is 2. The summed E-state index contributed by atoms with van der Waals surface area (Å²) in [5.74, 6) is 0.962. The summed E-state index contributed by atoms with van der Waals surface area (Å²) in [5, 5.41) is 8.95. The topological polar surface area (TPSA) is 62.6 Å². The van der Waals surface area contributed by atoms with E-state index in [9.17, 15) is 4.79 Å². The summed E-state index contributed by atoms with van der Waals surface area (Å²) >= 11 is 0. The number of benzene rings is 1. The van der Waals surface area contributed by atoms with Gasteiger partial charge >= 0.3 is 0 Å². The van der Waals surface area contributed by atoms with Crippen molar-refractivity contribution in [2.75, 3.05) is 19.7 Å². The van der Waals surface area contributed by atoms with Gasteiger partial charge in [0.25, 0.3) is 0 Å². The first-order valence-electron chi connectivity index (χ1n) is 8.74. The Hall–Kier alpha value is -2.06. The summed E-state index contributed by atoms with van der Waals surface area (Å²) < 4.78 is 11.6. The van der Waals surface area contributed by atoms with Crippen molar-refractivity contribution in [2.45, 2.75) is 44.8 Å². The summed E-state index contributed by atoms with van der Waals surface area (Å²) in [5.41, 5.74) is 0.603. The van der Waals surface area contributed by atoms with Gasteiger partial charge in [0.05, 0.1) is 23.7 Å². The second-order valence-corrected chi connectivity index (χ2v) is 6.61. The average molecular weight is 328 g/mol. The zero-order valence-electron chi connectivity index (χ0n) is 14.1. The fraction of sp³-hybridized carbons (Fsp3) is 0.579. The lowest BCUT2D eigenvalue weighted by atomic mass is 9.93. The monoisotopic (exact) mass is 328 g/mol. The summed E-state index contributed by atoms with van der Waals surface area (Å²) in [6, 6.07) is 9.35. The minimum Gasteiger partial charge on any atom is -0.490 e. The molecule has 2 unspecified atom stereocenters. The van der Waals surface area contributed by atoms with E-state index in [1.54, 1.807) is 12.1 Å². The van der Waals surface area contributed by atoms with Crippen LogP contribution in [0.2, 0.25) is 0 Å². The average Bonchev–Trinajstić information content (AvgIpc) is 2.62. The molecule has 1 amide bonds.